The lowest BCUT2D eigenvalue weighted by Gasteiger charge is -2.15. The van der Waals surface area contributed by atoms with Crippen LogP contribution in [0, 0.1) is 0 Å². The molecule has 92 valence electrons. The fraction of sp³-hybridized carbons (Fsp3) is 0.778. The molecule has 1 saturated heterocycles. The Bertz CT molecular complexity index is 281. The first-order valence-corrected chi connectivity index (χ1v) is 4.70. The molecule has 0 aromatic carbocycles. The van der Waals surface area contributed by atoms with Gasteiger partial charge in [0.15, 0.2) is 18.6 Å². The summed E-state index contributed by atoms with van der Waals surface area (Å²) in [5, 5.41) is 9.26. The van der Waals surface area contributed by atoms with Gasteiger partial charge in [-0.15, -0.1) is 0 Å². The molecule has 1 fully saturated rings. The van der Waals surface area contributed by atoms with Gasteiger partial charge < -0.3 is 19.3 Å². The van der Waals surface area contributed by atoms with Gasteiger partial charge in [-0.1, -0.05) is 0 Å². The molecule has 0 aromatic heterocycles. The Kier molecular flexibility index (Phi) is 4.19. The number of carbonyl (C=O) groups excluding carboxylic acids is 2. The SMILES string of the molecule is CC(=O)OCC1OC(O)C(OC(C)=O)C1F. The zero-order chi connectivity index (χ0) is 12.3. The van der Waals surface area contributed by atoms with Crippen LogP contribution in [0.2, 0.25) is 0 Å². The van der Waals surface area contributed by atoms with E-state index in [0.717, 1.165) is 6.92 Å². The molecule has 7 heteroatoms. The minimum absolute atomic E-state index is 0.328. The highest BCUT2D eigenvalue weighted by Gasteiger charge is 2.47. The lowest BCUT2D eigenvalue weighted by Crippen LogP contribution is -2.35. The number of ether oxygens (including phenoxy) is 3. The molecule has 6 nitrogen and oxygen atoms in total. The first-order valence-electron chi connectivity index (χ1n) is 4.70. The van der Waals surface area contributed by atoms with E-state index < -0.39 is 36.6 Å². The van der Waals surface area contributed by atoms with Gasteiger partial charge in [0.2, 0.25) is 0 Å². The number of aliphatic hydroxyl groups excluding tert-OH is 1. The minimum atomic E-state index is -1.72. The van der Waals surface area contributed by atoms with E-state index in [1.807, 2.05) is 0 Å². The smallest absolute Gasteiger partial charge is 0.303 e. The molecule has 1 rings (SSSR count). The average molecular weight is 236 g/mol. The highest BCUT2D eigenvalue weighted by molar-refractivity contribution is 5.66. The topological polar surface area (TPSA) is 82.1 Å². The summed E-state index contributed by atoms with van der Waals surface area (Å²) in [7, 11) is 0. The third-order valence-corrected chi connectivity index (χ3v) is 2.02. The molecule has 4 atom stereocenters. The number of hydrogen-bond acceptors (Lipinski definition) is 6. The van der Waals surface area contributed by atoms with Crippen molar-refractivity contribution in [1.82, 2.24) is 0 Å². The normalized spacial score (nSPS) is 33.5. The van der Waals surface area contributed by atoms with Crippen LogP contribution < -0.4 is 0 Å². The summed E-state index contributed by atoms with van der Waals surface area (Å²) < 4.78 is 27.4. The summed E-state index contributed by atoms with van der Waals surface area (Å²) in [6.45, 7) is 1.94. The summed E-state index contributed by atoms with van der Waals surface area (Å²) >= 11 is 0. The zero-order valence-electron chi connectivity index (χ0n) is 8.88. The van der Waals surface area contributed by atoms with Crippen LogP contribution in [0.25, 0.3) is 0 Å². The molecule has 0 aromatic rings. The van der Waals surface area contributed by atoms with Crippen LogP contribution in [0.15, 0.2) is 0 Å². The fourth-order valence-corrected chi connectivity index (χ4v) is 1.35. The first kappa shape index (κ1) is 12.9. The van der Waals surface area contributed by atoms with Gasteiger partial charge in [-0.2, -0.15) is 0 Å². The molecular weight excluding hydrogens is 223 g/mol. The van der Waals surface area contributed by atoms with Crippen LogP contribution in [-0.2, 0) is 23.8 Å². The van der Waals surface area contributed by atoms with Crippen molar-refractivity contribution in [2.45, 2.75) is 38.5 Å². The predicted octanol–water partition coefficient (Wildman–Crippen LogP) is -0.464. The number of hydrogen-bond donors (Lipinski definition) is 1. The molecule has 1 heterocycles. The van der Waals surface area contributed by atoms with E-state index in [1.165, 1.54) is 6.92 Å². The largest absolute Gasteiger partial charge is 0.463 e. The quantitative estimate of drug-likeness (QED) is 0.667. The van der Waals surface area contributed by atoms with Gasteiger partial charge in [-0.05, 0) is 0 Å². The van der Waals surface area contributed by atoms with Gasteiger partial charge >= 0.3 is 11.9 Å². The Morgan fingerprint density at radius 3 is 2.50 bits per heavy atom. The van der Waals surface area contributed by atoms with E-state index >= 15 is 0 Å². The van der Waals surface area contributed by atoms with Gasteiger partial charge in [0.1, 0.15) is 12.7 Å². The monoisotopic (exact) mass is 236 g/mol. The summed E-state index contributed by atoms with van der Waals surface area (Å²) in [6.07, 6.45) is -5.76. The average Bonchev–Trinajstić information content (AvgIpc) is 2.42. The summed E-state index contributed by atoms with van der Waals surface area (Å²) in [6, 6.07) is 0. The van der Waals surface area contributed by atoms with Gasteiger partial charge in [0.05, 0.1) is 0 Å². The van der Waals surface area contributed by atoms with Gasteiger partial charge in [-0.25, -0.2) is 4.39 Å². The maximum absolute atomic E-state index is 13.6. The highest BCUT2D eigenvalue weighted by atomic mass is 19.1. The van der Waals surface area contributed by atoms with E-state index in [9.17, 15) is 19.1 Å². The van der Waals surface area contributed by atoms with Crippen LogP contribution in [0.5, 0.6) is 0 Å². The molecule has 0 spiro atoms. The molecule has 1 aliphatic rings. The van der Waals surface area contributed by atoms with Crippen molar-refractivity contribution >= 4 is 11.9 Å². The van der Waals surface area contributed by atoms with Gasteiger partial charge in [0.25, 0.3) is 0 Å². The van der Waals surface area contributed by atoms with Crippen molar-refractivity contribution in [2.75, 3.05) is 6.61 Å². The van der Waals surface area contributed by atoms with Gasteiger partial charge in [0, 0.05) is 13.8 Å². The third kappa shape index (κ3) is 3.14. The first-order chi connectivity index (χ1) is 7.41. The maximum atomic E-state index is 13.6. The minimum Gasteiger partial charge on any atom is -0.463 e. The van der Waals surface area contributed by atoms with Crippen molar-refractivity contribution in [3.05, 3.63) is 0 Å². The predicted molar refractivity (Wildman–Crippen MR) is 48.0 cm³/mol. The molecule has 1 aliphatic heterocycles. The number of esters is 2. The van der Waals surface area contributed by atoms with Crippen LogP contribution in [0.3, 0.4) is 0 Å². The maximum Gasteiger partial charge on any atom is 0.303 e. The molecule has 0 amide bonds. The lowest BCUT2D eigenvalue weighted by atomic mass is 10.2. The van der Waals surface area contributed by atoms with E-state index in [0.29, 0.717) is 0 Å². The van der Waals surface area contributed by atoms with Crippen molar-refractivity contribution in [1.29, 1.82) is 0 Å². The van der Waals surface area contributed by atoms with Crippen molar-refractivity contribution in [3.8, 4) is 0 Å². The van der Waals surface area contributed by atoms with Crippen molar-refractivity contribution in [3.63, 3.8) is 0 Å². The second kappa shape index (κ2) is 5.22. The Labute approximate surface area is 91.3 Å². The molecule has 1 N–H and O–H groups in total. The Hall–Kier alpha value is -1.21. The number of halogens is 1. The van der Waals surface area contributed by atoms with Crippen LogP contribution in [0.1, 0.15) is 13.8 Å². The molecule has 0 aliphatic carbocycles. The molecule has 16 heavy (non-hydrogen) atoms. The molecule has 0 saturated carbocycles. The number of alkyl halides is 1. The number of carbonyl (C=O) groups is 2. The standard InChI is InChI=1S/C9H13FO6/c1-4(11)14-3-6-7(10)8(9(13)16-6)15-5(2)12/h6-9,13H,3H2,1-2H3. The van der Waals surface area contributed by atoms with Crippen LogP contribution in [0.4, 0.5) is 4.39 Å². The highest BCUT2D eigenvalue weighted by Crippen LogP contribution is 2.25. The molecular formula is C9H13FO6. The Balaban J connectivity index is 2.52. The Morgan fingerprint density at radius 2 is 2.00 bits per heavy atom. The zero-order valence-corrected chi connectivity index (χ0v) is 8.88. The molecule has 0 radical (unpaired) electrons. The van der Waals surface area contributed by atoms with E-state index in [2.05, 4.69) is 9.47 Å². The molecule has 0 bridgehead atoms. The second-order valence-electron chi connectivity index (χ2n) is 3.39. The Morgan fingerprint density at radius 1 is 1.38 bits per heavy atom. The number of aliphatic hydroxyl groups is 1. The molecule has 4 unspecified atom stereocenters. The fourth-order valence-electron chi connectivity index (χ4n) is 1.35. The van der Waals surface area contributed by atoms with Crippen molar-refractivity contribution in [2.24, 2.45) is 0 Å². The van der Waals surface area contributed by atoms with E-state index in [-0.39, 0.29) is 6.61 Å². The lowest BCUT2D eigenvalue weighted by molar-refractivity contribution is -0.171. The second-order valence-corrected chi connectivity index (χ2v) is 3.39. The van der Waals surface area contributed by atoms with Crippen LogP contribution >= 0.6 is 0 Å². The van der Waals surface area contributed by atoms with Gasteiger partial charge in [-0.3, -0.25) is 9.59 Å². The summed E-state index contributed by atoms with van der Waals surface area (Å²) in [5.74, 6) is -1.30. The summed E-state index contributed by atoms with van der Waals surface area (Å²) in [5.41, 5.74) is 0. The number of rotatable bonds is 3. The van der Waals surface area contributed by atoms with Crippen LogP contribution in [-0.4, -0.2) is 48.3 Å². The van der Waals surface area contributed by atoms with E-state index in [1.54, 1.807) is 0 Å². The summed E-state index contributed by atoms with van der Waals surface area (Å²) in [4.78, 5) is 21.1. The van der Waals surface area contributed by atoms with Crippen molar-refractivity contribution < 1.29 is 33.3 Å². The third-order valence-electron chi connectivity index (χ3n) is 2.02. The van der Waals surface area contributed by atoms with E-state index in [4.69, 9.17) is 4.74 Å².